The number of fused-ring (bicyclic) bond motifs is 1. The Bertz CT molecular complexity index is 1530. The van der Waals surface area contributed by atoms with Gasteiger partial charge in [-0.15, -0.1) is 0 Å². The highest BCUT2D eigenvalue weighted by Crippen LogP contribution is 2.30. The topological polar surface area (TPSA) is 71.7 Å². The number of carbonyl (C=O) groups is 1. The molecule has 0 aliphatic carbocycles. The average Bonchev–Trinajstić information content (AvgIpc) is 3.17. The first kappa shape index (κ1) is 24.5. The van der Waals surface area contributed by atoms with Crippen LogP contribution in [0.2, 0.25) is 10.0 Å². The summed E-state index contributed by atoms with van der Waals surface area (Å²) in [6, 6.07) is 18.1. The summed E-state index contributed by atoms with van der Waals surface area (Å²) in [4.78, 5) is 17.8. The second-order valence-electron chi connectivity index (χ2n) is 7.31. The van der Waals surface area contributed by atoms with Gasteiger partial charge in [0.05, 0.1) is 25.8 Å². The van der Waals surface area contributed by atoms with Crippen molar-refractivity contribution in [2.24, 2.45) is 4.99 Å². The summed E-state index contributed by atoms with van der Waals surface area (Å²) < 4.78 is 30.3. The molecular weight excluding hydrogens is 513 g/mol. The first-order valence-electron chi connectivity index (χ1n) is 10.5. The van der Waals surface area contributed by atoms with Crippen LogP contribution in [0.4, 0.5) is 5.69 Å². The van der Waals surface area contributed by atoms with Crippen LogP contribution in [0.3, 0.4) is 0 Å². The molecule has 0 aliphatic rings. The van der Waals surface area contributed by atoms with Gasteiger partial charge in [0.2, 0.25) is 0 Å². The third kappa shape index (κ3) is 4.63. The number of para-hydroxylation sites is 1. The molecule has 0 saturated heterocycles. The number of amides is 1. The minimum absolute atomic E-state index is 0.0988. The fourth-order valence-corrected chi connectivity index (χ4v) is 6.99. The largest absolute Gasteiger partial charge is 0.315 e. The molecule has 0 aliphatic heterocycles. The van der Waals surface area contributed by atoms with Gasteiger partial charge in [0.1, 0.15) is 0 Å². The summed E-state index contributed by atoms with van der Waals surface area (Å²) in [6.07, 6.45) is 0. The van der Waals surface area contributed by atoms with Crippen molar-refractivity contribution in [2.75, 3.05) is 10.8 Å². The SMILES string of the molecule is CCN(c1ccccc1)S(=O)(=O)c1ccc(C(=O)N=c2sc3cc(Cl)cc(Cl)c3n2CC)cc1. The van der Waals surface area contributed by atoms with E-state index in [0.29, 0.717) is 27.1 Å². The number of hydrogen-bond acceptors (Lipinski definition) is 4. The number of benzene rings is 3. The number of halogens is 2. The summed E-state index contributed by atoms with van der Waals surface area (Å²) in [5.41, 5.74) is 1.63. The van der Waals surface area contributed by atoms with E-state index in [1.807, 2.05) is 17.6 Å². The first-order chi connectivity index (χ1) is 16.3. The molecule has 1 aromatic heterocycles. The lowest BCUT2D eigenvalue weighted by molar-refractivity contribution is 0.0997. The molecule has 34 heavy (non-hydrogen) atoms. The Hall–Kier alpha value is -2.65. The second kappa shape index (κ2) is 9.92. The van der Waals surface area contributed by atoms with Crippen molar-refractivity contribution in [1.29, 1.82) is 0 Å². The van der Waals surface area contributed by atoms with Crippen LogP contribution in [-0.4, -0.2) is 25.4 Å². The predicted octanol–water partition coefficient (Wildman–Crippen LogP) is 5.99. The van der Waals surface area contributed by atoms with Crippen LogP contribution in [0.15, 0.2) is 76.6 Å². The maximum Gasteiger partial charge on any atom is 0.279 e. The van der Waals surface area contributed by atoms with Crippen molar-refractivity contribution in [3.8, 4) is 0 Å². The number of thiazole rings is 1. The molecule has 4 rings (SSSR count). The first-order valence-corrected chi connectivity index (χ1v) is 13.5. The molecule has 4 aromatic rings. The number of carbonyl (C=O) groups excluding carboxylic acids is 1. The molecule has 0 N–H and O–H groups in total. The zero-order chi connectivity index (χ0) is 24.5. The van der Waals surface area contributed by atoms with E-state index in [1.54, 1.807) is 43.3 Å². The summed E-state index contributed by atoms with van der Waals surface area (Å²) in [5, 5.41) is 0.997. The Morgan fingerprint density at radius 1 is 1.03 bits per heavy atom. The predicted molar refractivity (Wildman–Crippen MR) is 138 cm³/mol. The van der Waals surface area contributed by atoms with E-state index < -0.39 is 15.9 Å². The number of sulfonamides is 1. The zero-order valence-corrected chi connectivity index (χ0v) is 21.5. The smallest absolute Gasteiger partial charge is 0.279 e. The van der Waals surface area contributed by atoms with Gasteiger partial charge in [0, 0.05) is 23.7 Å². The molecule has 0 fully saturated rings. The van der Waals surface area contributed by atoms with Gasteiger partial charge >= 0.3 is 0 Å². The highest BCUT2D eigenvalue weighted by molar-refractivity contribution is 7.92. The van der Waals surface area contributed by atoms with Crippen molar-refractivity contribution in [3.63, 3.8) is 0 Å². The standard InChI is InChI=1S/C24H21Cl2N3O3S2/c1-3-28-22-20(26)14-17(25)15-21(22)33-24(28)27-23(30)16-10-12-19(13-11-16)34(31,32)29(4-2)18-8-6-5-7-9-18/h5-15H,3-4H2,1-2H3. The Labute approximate surface area is 211 Å². The normalized spacial score (nSPS) is 12.3. The van der Waals surface area contributed by atoms with Crippen LogP contribution in [0.1, 0.15) is 24.2 Å². The van der Waals surface area contributed by atoms with Gasteiger partial charge in [0.25, 0.3) is 15.9 Å². The van der Waals surface area contributed by atoms with Crippen LogP contribution < -0.4 is 9.11 Å². The van der Waals surface area contributed by atoms with E-state index in [-0.39, 0.29) is 17.0 Å². The van der Waals surface area contributed by atoms with E-state index in [1.165, 1.54) is 39.9 Å². The Morgan fingerprint density at radius 2 is 1.71 bits per heavy atom. The minimum Gasteiger partial charge on any atom is -0.315 e. The molecule has 0 spiro atoms. The van der Waals surface area contributed by atoms with Gasteiger partial charge in [-0.25, -0.2) is 8.42 Å². The molecule has 6 nitrogen and oxygen atoms in total. The second-order valence-corrected chi connectivity index (χ2v) is 11.0. The lowest BCUT2D eigenvalue weighted by Crippen LogP contribution is -2.30. The van der Waals surface area contributed by atoms with Gasteiger partial charge in [-0.1, -0.05) is 52.7 Å². The molecule has 0 unspecified atom stereocenters. The highest BCUT2D eigenvalue weighted by atomic mass is 35.5. The molecule has 0 saturated carbocycles. The third-order valence-electron chi connectivity index (χ3n) is 5.23. The van der Waals surface area contributed by atoms with Gasteiger partial charge in [-0.2, -0.15) is 4.99 Å². The quantitative estimate of drug-likeness (QED) is 0.305. The summed E-state index contributed by atoms with van der Waals surface area (Å²) in [6.45, 7) is 4.55. The maximum absolute atomic E-state index is 13.2. The number of nitrogens with zero attached hydrogens (tertiary/aromatic N) is 3. The maximum atomic E-state index is 13.2. The van der Waals surface area contributed by atoms with E-state index in [9.17, 15) is 13.2 Å². The summed E-state index contributed by atoms with van der Waals surface area (Å²) in [5.74, 6) is -0.477. The highest BCUT2D eigenvalue weighted by Gasteiger charge is 2.23. The number of aromatic nitrogens is 1. The van der Waals surface area contributed by atoms with Crippen LogP contribution in [0.5, 0.6) is 0 Å². The molecule has 3 aromatic carbocycles. The van der Waals surface area contributed by atoms with Gasteiger partial charge in [-0.3, -0.25) is 9.10 Å². The van der Waals surface area contributed by atoms with Crippen molar-refractivity contribution >= 4 is 66.4 Å². The molecule has 0 atom stereocenters. The average molecular weight is 534 g/mol. The van der Waals surface area contributed by atoms with E-state index in [2.05, 4.69) is 4.99 Å². The number of rotatable bonds is 6. The van der Waals surface area contributed by atoms with Crippen molar-refractivity contribution in [2.45, 2.75) is 25.3 Å². The van der Waals surface area contributed by atoms with Gasteiger partial charge in [0.15, 0.2) is 4.80 Å². The van der Waals surface area contributed by atoms with E-state index in [4.69, 9.17) is 23.2 Å². The lowest BCUT2D eigenvalue weighted by atomic mass is 10.2. The van der Waals surface area contributed by atoms with Crippen molar-refractivity contribution in [3.05, 3.63) is 87.1 Å². The molecule has 1 amide bonds. The van der Waals surface area contributed by atoms with Crippen LogP contribution in [-0.2, 0) is 16.6 Å². The van der Waals surface area contributed by atoms with Crippen LogP contribution in [0.25, 0.3) is 10.2 Å². The van der Waals surface area contributed by atoms with E-state index in [0.717, 1.165) is 10.2 Å². The molecule has 1 heterocycles. The Morgan fingerprint density at radius 3 is 2.32 bits per heavy atom. The molecule has 0 bridgehead atoms. The number of anilines is 1. The lowest BCUT2D eigenvalue weighted by Gasteiger charge is -2.22. The van der Waals surface area contributed by atoms with Crippen molar-refractivity contribution < 1.29 is 13.2 Å². The Kier molecular flexibility index (Phi) is 7.14. The van der Waals surface area contributed by atoms with E-state index >= 15 is 0 Å². The molecule has 10 heteroatoms. The monoisotopic (exact) mass is 533 g/mol. The number of hydrogen-bond donors (Lipinski definition) is 0. The third-order valence-corrected chi connectivity index (χ3v) is 8.68. The minimum atomic E-state index is -3.78. The van der Waals surface area contributed by atoms with Crippen molar-refractivity contribution in [1.82, 2.24) is 4.57 Å². The van der Waals surface area contributed by atoms with Gasteiger partial charge < -0.3 is 4.57 Å². The fourth-order valence-electron chi connectivity index (χ4n) is 3.64. The molecule has 176 valence electrons. The van der Waals surface area contributed by atoms with Crippen LogP contribution in [0, 0.1) is 0 Å². The summed E-state index contributed by atoms with van der Waals surface area (Å²) >= 11 is 13.8. The molecule has 0 radical (unpaired) electrons. The molecular formula is C24H21Cl2N3O3S2. The van der Waals surface area contributed by atoms with Gasteiger partial charge in [-0.05, 0) is 62.4 Å². The zero-order valence-electron chi connectivity index (χ0n) is 18.4. The van der Waals surface area contributed by atoms with Crippen LogP contribution >= 0.6 is 34.5 Å². The fraction of sp³-hybridized carbons (Fsp3) is 0.167. The summed E-state index contributed by atoms with van der Waals surface area (Å²) in [7, 11) is -3.78. The Balaban J connectivity index is 1.68. The number of aryl methyl sites for hydroxylation is 1.